The third-order valence-corrected chi connectivity index (χ3v) is 2.33. The van der Waals surface area contributed by atoms with E-state index >= 15 is 0 Å². The van der Waals surface area contributed by atoms with Crippen molar-refractivity contribution in [2.24, 2.45) is 5.73 Å². The second-order valence-corrected chi connectivity index (χ2v) is 3.56. The molecule has 0 atom stereocenters. The summed E-state index contributed by atoms with van der Waals surface area (Å²) >= 11 is 0. The van der Waals surface area contributed by atoms with Gasteiger partial charge < -0.3 is 10.8 Å². The Morgan fingerprint density at radius 3 is 2.44 bits per heavy atom. The molecule has 0 amide bonds. The molecule has 0 aliphatic heterocycles. The second kappa shape index (κ2) is 5.21. The number of phenolic OH excluding ortho intramolecular Hbond substituents is 1. The summed E-state index contributed by atoms with van der Waals surface area (Å²) in [7, 11) is 0. The van der Waals surface area contributed by atoms with Gasteiger partial charge in [0.2, 0.25) is 0 Å². The highest BCUT2D eigenvalue weighted by atomic mass is 19.4. The fourth-order valence-electron chi connectivity index (χ4n) is 1.48. The summed E-state index contributed by atoms with van der Waals surface area (Å²) in [6.07, 6.45) is -2.69. The molecule has 0 bridgehead atoms. The molecule has 0 aromatic heterocycles. The molecule has 0 aliphatic rings. The number of alkyl halides is 3. The molecule has 2 nitrogen and oxygen atoms in total. The van der Waals surface area contributed by atoms with Gasteiger partial charge >= 0.3 is 6.18 Å². The minimum Gasteiger partial charge on any atom is -0.507 e. The van der Waals surface area contributed by atoms with Gasteiger partial charge in [0.25, 0.3) is 0 Å². The van der Waals surface area contributed by atoms with Crippen LogP contribution in [0.4, 0.5) is 13.2 Å². The van der Waals surface area contributed by atoms with Crippen LogP contribution in [-0.2, 0) is 12.6 Å². The molecule has 5 heteroatoms. The van der Waals surface area contributed by atoms with E-state index in [0.717, 1.165) is 12.5 Å². The maximum Gasteiger partial charge on any atom is 0.419 e. The van der Waals surface area contributed by atoms with Gasteiger partial charge in [-0.15, -0.1) is 0 Å². The molecule has 0 radical (unpaired) electrons. The van der Waals surface area contributed by atoms with Crippen LogP contribution in [0.5, 0.6) is 5.75 Å². The van der Waals surface area contributed by atoms with Crippen LogP contribution in [0.3, 0.4) is 0 Å². The molecule has 0 saturated heterocycles. The standard InChI is InChI=1S/C11H14F3NO/c12-11(13,14)9-6-3-5-8(10(9)16)4-1-2-7-15/h3,5-6,16H,1-2,4,7,15H2. The quantitative estimate of drug-likeness (QED) is 0.785. The highest BCUT2D eigenvalue weighted by molar-refractivity contribution is 5.42. The molecule has 1 rings (SSSR count). The van der Waals surface area contributed by atoms with E-state index < -0.39 is 17.5 Å². The molecule has 0 heterocycles. The number of aryl methyl sites for hydroxylation is 1. The SMILES string of the molecule is NCCCCc1cccc(C(F)(F)F)c1O. The fraction of sp³-hybridized carbons (Fsp3) is 0.455. The summed E-state index contributed by atoms with van der Waals surface area (Å²) in [4.78, 5) is 0. The second-order valence-electron chi connectivity index (χ2n) is 3.56. The van der Waals surface area contributed by atoms with E-state index in [2.05, 4.69) is 0 Å². The van der Waals surface area contributed by atoms with Gasteiger partial charge in [0.1, 0.15) is 5.75 Å². The fourth-order valence-corrected chi connectivity index (χ4v) is 1.48. The maximum absolute atomic E-state index is 12.4. The topological polar surface area (TPSA) is 46.2 Å². The van der Waals surface area contributed by atoms with Gasteiger partial charge in [-0.3, -0.25) is 0 Å². The number of nitrogens with two attached hydrogens (primary N) is 1. The Hall–Kier alpha value is -1.23. The number of unbranched alkanes of at least 4 members (excludes halogenated alkanes) is 1. The Morgan fingerprint density at radius 1 is 1.19 bits per heavy atom. The summed E-state index contributed by atoms with van der Waals surface area (Å²) in [5.41, 5.74) is 4.64. The van der Waals surface area contributed by atoms with Crippen molar-refractivity contribution in [3.05, 3.63) is 29.3 Å². The van der Waals surface area contributed by atoms with Crippen molar-refractivity contribution < 1.29 is 18.3 Å². The zero-order valence-corrected chi connectivity index (χ0v) is 8.72. The molecule has 0 fully saturated rings. The van der Waals surface area contributed by atoms with Gasteiger partial charge in [-0.25, -0.2) is 0 Å². The van der Waals surface area contributed by atoms with Crippen LogP contribution in [0.1, 0.15) is 24.0 Å². The van der Waals surface area contributed by atoms with Gasteiger partial charge in [-0.2, -0.15) is 13.2 Å². The Morgan fingerprint density at radius 2 is 1.88 bits per heavy atom. The van der Waals surface area contributed by atoms with Crippen LogP contribution in [0.15, 0.2) is 18.2 Å². The molecule has 0 unspecified atom stereocenters. The largest absolute Gasteiger partial charge is 0.507 e. The van der Waals surface area contributed by atoms with E-state index in [4.69, 9.17) is 5.73 Å². The average molecular weight is 233 g/mol. The van der Waals surface area contributed by atoms with Crippen LogP contribution < -0.4 is 5.73 Å². The zero-order valence-electron chi connectivity index (χ0n) is 8.72. The average Bonchev–Trinajstić information content (AvgIpc) is 2.19. The van der Waals surface area contributed by atoms with E-state index in [1.54, 1.807) is 0 Å². The minimum absolute atomic E-state index is 0.322. The third kappa shape index (κ3) is 3.13. The molecular weight excluding hydrogens is 219 g/mol. The Bertz CT molecular complexity index is 350. The van der Waals surface area contributed by atoms with Gasteiger partial charge in [0.15, 0.2) is 0 Å². The lowest BCUT2D eigenvalue weighted by molar-refractivity contribution is -0.138. The van der Waals surface area contributed by atoms with Gasteiger partial charge in [-0.05, 0) is 37.4 Å². The number of rotatable bonds is 4. The van der Waals surface area contributed by atoms with Crippen LogP contribution >= 0.6 is 0 Å². The Labute approximate surface area is 91.9 Å². The normalized spacial score (nSPS) is 11.8. The first-order chi connectivity index (χ1) is 7.46. The molecule has 3 N–H and O–H groups in total. The Kier molecular flexibility index (Phi) is 4.18. The highest BCUT2D eigenvalue weighted by Gasteiger charge is 2.34. The van der Waals surface area contributed by atoms with Crippen molar-refractivity contribution in [1.29, 1.82) is 0 Å². The molecular formula is C11H14F3NO. The van der Waals surface area contributed by atoms with E-state index in [1.165, 1.54) is 12.1 Å². The van der Waals surface area contributed by atoms with Crippen molar-refractivity contribution in [2.45, 2.75) is 25.4 Å². The first kappa shape index (κ1) is 12.8. The summed E-state index contributed by atoms with van der Waals surface area (Å²) in [6, 6.07) is 3.68. The van der Waals surface area contributed by atoms with Crippen LogP contribution in [0, 0.1) is 0 Å². The maximum atomic E-state index is 12.4. The van der Waals surface area contributed by atoms with Crippen LogP contribution in [-0.4, -0.2) is 11.7 Å². The minimum atomic E-state index is -4.51. The van der Waals surface area contributed by atoms with Gasteiger partial charge in [0, 0.05) is 0 Å². The van der Waals surface area contributed by atoms with E-state index in [9.17, 15) is 18.3 Å². The Balaban J connectivity index is 2.87. The molecule has 0 aliphatic carbocycles. The van der Waals surface area contributed by atoms with Gasteiger partial charge in [0.05, 0.1) is 5.56 Å². The first-order valence-electron chi connectivity index (χ1n) is 5.05. The molecule has 90 valence electrons. The lowest BCUT2D eigenvalue weighted by Crippen LogP contribution is -2.06. The predicted molar refractivity (Wildman–Crippen MR) is 55.1 cm³/mol. The zero-order chi connectivity index (χ0) is 12.2. The van der Waals surface area contributed by atoms with Crippen molar-refractivity contribution in [1.82, 2.24) is 0 Å². The third-order valence-electron chi connectivity index (χ3n) is 2.33. The summed E-state index contributed by atoms with van der Waals surface area (Å²) in [5.74, 6) is -0.660. The molecule has 1 aromatic carbocycles. The first-order valence-corrected chi connectivity index (χ1v) is 5.05. The number of halogens is 3. The predicted octanol–water partition coefficient (Wildman–Crippen LogP) is 2.69. The summed E-state index contributed by atoms with van der Waals surface area (Å²) in [6.45, 7) is 0.500. The van der Waals surface area contributed by atoms with Crippen molar-refractivity contribution >= 4 is 0 Å². The lowest BCUT2D eigenvalue weighted by Gasteiger charge is -2.12. The monoisotopic (exact) mass is 233 g/mol. The summed E-state index contributed by atoms with van der Waals surface area (Å²) in [5, 5.41) is 9.47. The summed E-state index contributed by atoms with van der Waals surface area (Å²) < 4.78 is 37.3. The smallest absolute Gasteiger partial charge is 0.419 e. The highest BCUT2D eigenvalue weighted by Crippen LogP contribution is 2.37. The number of para-hydroxylation sites is 1. The number of benzene rings is 1. The molecule has 0 spiro atoms. The number of hydrogen-bond acceptors (Lipinski definition) is 2. The molecule has 0 saturated carbocycles. The number of aromatic hydroxyl groups is 1. The number of hydrogen-bond donors (Lipinski definition) is 2. The lowest BCUT2D eigenvalue weighted by atomic mass is 10.0. The van der Waals surface area contributed by atoms with Crippen molar-refractivity contribution in [3.8, 4) is 5.75 Å². The van der Waals surface area contributed by atoms with Crippen LogP contribution in [0.25, 0.3) is 0 Å². The van der Waals surface area contributed by atoms with E-state index in [1.807, 2.05) is 0 Å². The van der Waals surface area contributed by atoms with Crippen LogP contribution in [0.2, 0.25) is 0 Å². The van der Waals surface area contributed by atoms with E-state index in [0.29, 0.717) is 24.9 Å². The number of phenols is 1. The molecule has 1 aromatic rings. The van der Waals surface area contributed by atoms with Crippen molar-refractivity contribution in [3.63, 3.8) is 0 Å². The van der Waals surface area contributed by atoms with Crippen molar-refractivity contribution in [2.75, 3.05) is 6.54 Å². The van der Waals surface area contributed by atoms with E-state index in [-0.39, 0.29) is 0 Å². The molecule has 16 heavy (non-hydrogen) atoms. The van der Waals surface area contributed by atoms with Gasteiger partial charge in [-0.1, -0.05) is 12.1 Å².